The highest BCUT2D eigenvalue weighted by Crippen LogP contribution is 2.33. The van der Waals surface area contributed by atoms with E-state index in [2.05, 4.69) is 9.80 Å². The van der Waals surface area contributed by atoms with E-state index in [4.69, 9.17) is 0 Å². The zero-order valence-corrected chi connectivity index (χ0v) is 12.9. The molecule has 122 valence electrons. The predicted octanol–water partition coefficient (Wildman–Crippen LogP) is 3.04. The Hall–Kier alpha value is -1.40. The second-order valence-electron chi connectivity index (χ2n) is 6.03. The molecule has 2 rings (SSSR count). The molecule has 0 N–H and O–H groups in total. The summed E-state index contributed by atoms with van der Waals surface area (Å²) >= 11 is 0. The van der Waals surface area contributed by atoms with Crippen molar-refractivity contribution in [2.24, 2.45) is 0 Å². The minimum absolute atomic E-state index is 0.0564. The van der Waals surface area contributed by atoms with Crippen molar-refractivity contribution in [2.75, 3.05) is 27.2 Å². The summed E-state index contributed by atoms with van der Waals surface area (Å²) in [6.45, 7) is 1.83. The Morgan fingerprint density at radius 2 is 2.09 bits per heavy atom. The van der Waals surface area contributed by atoms with Crippen molar-refractivity contribution in [1.82, 2.24) is 9.80 Å². The topological polar surface area (TPSA) is 23.6 Å². The fourth-order valence-electron chi connectivity index (χ4n) is 2.91. The Balaban J connectivity index is 2.20. The van der Waals surface area contributed by atoms with Crippen LogP contribution in [0.25, 0.3) is 0 Å². The maximum atomic E-state index is 13.2. The molecule has 0 spiro atoms. The number of hydrogen-bond donors (Lipinski definition) is 0. The van der Waals surface area contributed by atoms with Crippen LogP contribution in [0.4, 0.5) is 13.2 Å². The van der Waals surface area contributed by atoms with Gasteiger partial charge in [-0.2, -0.15) is 13.2 Å². The third kappa shape index (κ3) is 4.08. The summed E-state index contributed by atoms with van der Waals surface area (Å²) in [6.07, 6.45) is -1.94. The highest BCUT2D eigenvalue weighted by Gasteiger charge is 2.34. The lowest BCUT2D eigenvalue weighted by Gasteiger charge is -2.36. The van der Waals surface area contributed by atoms with Gasteiger partial charge in [0.25, 0.3) is 0 Å². The van der Waals surface area contributed by atoms with Crippen molar-refractivity contribution in [3.8, 4) is 0 Å². The molecule has 1 aliphatic rings. The van der Waals surface area contributed by atoms with Gasteiger partial charge in [-0.1, -0.05) is 12.1 Å². The van der Waals surface area contributed by atoms with E-state index in [0.29, 0.717) is 12.3 Å². The van der Waals surface area contributed by atoms with Crippen LogP contribution in [0, 0.1) is 0 Å². The van der Waals surface area contributed by atoms with Gasteiger partial charge in [0, 0.05) is 24.7 Å². The molecule has 1 aromatic carbocycles. The Labute approximate surface area is 128 Å². The van der Waals surface area contributed by atoms with Crippen LogP contribution >= 0.6 is 0 Å². The number of carbonyl (C=O) groups is 1. The van der Waals surface area contributed by atoms with Crippen molar-refractivity contribution in [2.45, 2.75) is 31.6 Å². The molecule has 0 saturated carbocycles. The van der Waals surface area contributed by atoms with Gasteiger partial charge in [-0.15, -0.1) is 0 Å². The SMILES string of the molecule is CN(C)C1CCCN(Cc2ccc(C=O)cc2C(F)(F)F)C1. The van der Waals surface area contributed by atoms with Crippen LogP contribution in [0.1, 0.15) is 34.3 Å². The number of benzene rings is 1. The molecule has 0 amide bonds. The molecule has 1 aliphatic heterocycles. The van der Waals surface area contributed by atoms with Crippen LogP contribution in [0.5, 0.6) is 0 Å². The number of alkyl halides is 3. The van der Waals surface area contributed by atoms with E-state index in [1.165, 1.54) is 12.1 Å². The summed E-state index contributed by atoms with van der Waals surface area (Å²) in [5.41, 5.74) is -0.414. The Morgan fingerprint density at radius 1 is 1.36 bits per heavy atom. The van der Waals surface area contributed by atoms with E-state index in [9.17, 15) is 18.0 Å². The Kier molecular flexibility index (Phi) is 5.24. The molecule has 6 heteroatoms. The lowest BCUT2D eigenvalue weighted by Crippen LogP contribution is -2.44. The highest BCUT2D eigenvalue weighted by atomic mass is 19.4. The van der Waals surface area contributed by atoms with Gasteiger partial charge in [0.2, 0.25) is 0 Å². The molecule has 1 fully saturated rings. The van der Waals surface area contributed by atoms with E-state index >= 15 is 0 Å². The number of rotatable bonds is 4. The van der Waals surface area contributed by atoms with Gasteiger partial charge in [0.15, 0.2) is 0 Å². The van der Waals surface area contributed by atoms with Crippen molar-refractivity contribution in [3.05, 3.63) is 34.9 Å². The van der Waals surface area contributed by atoms with E-state index in [0.717, 1.165) is 32.0 Å². The number of likely N-dealkylation sites (N-methyl/N-ethyl adjacent to an activating group) is 1. The van der Waals surface area contributed by atoms with Gasteiger partial charge in [-0.05, 0) is 45.1 Å². The Bertz CT molecular complexity index is 529. The summed E-state index contributed by atoms with van der Waals surface area (Å²) in [7, 11) is 3.99. The number of carbonyl (C=O) groups excluding carboxylic acids is 1. The summed E-state index contributed by atoms with van der Waals surface area (Å²) < 4.78 is 39.5. The molecule has 1 aromatic rings. The zero-order valence-electron chi connectivity index (χ0n) is 12.9. The number of hydrogen-bond acceptors (Lipinski definition) is 3. The van der Waals surface area contributed by atoms with Crippen LogP contribution in [-0.2, 0) is 12.7 Å². The maximum Gasteiger partial charge on any atom is 0.416 e. The Morgan fingerprint density at radius 3 is 2.68 bits per heavy atom. The van der Waals surface area contributed by atoms with Crippen LogP contribution in [0.15, 0.2) is 18.2 Å². The third-order valence-electron chi connectivity index (χ3n) is 4.18. The number of aldehydes is 1. The first-order valence-electron chi connectivity index (χ1n) is 7.35. The summed E-state index contributed by atoms with van der Waals surface area (Å²) in [5.74, 6) is 0. The second kappa shape index (κ2) is 6.79. The number of halogens is 3. The van der Waals surface area contributed by atoms with Crippen molar-refractivity contribution in [1.29, 1.82) is 0 Å². The largest absolute Gasteiger partial charge is 0.416 e. The fraction of sp³-hybridized carbons (Fsp3) is 0.562. The fourth-order valence-corrected chi connectivity index (χ4v) is 2.91. The van der Waals surface area contributed by atoms with Crippen molar-refractivity contribution in [3.63, 3.8) is 0 Å². The quantitative estimate of drug-likeness (QED) is 0.798. The molecule has 0 aliphatic carbocycles. The molecule has 0 bridgehead atoms. The number of likely N-dealkylation sites (tertiary alicyclic amines) is 1. The first kappa shape index (κ1) is 17.0. The average molecular weight is 314 g/mol. The van der Waals surface area contributed by atoms with Gasteiger partial charge in [0.1, 0.15) is 6.29 Å². The minimum Gasteiger partial charge on any atom is -0.305 e. The molecule has 1 atom stereocenters. The lowest BCUT2D eigenvalue weighted by molar-refractivity contribution is -0.138. The van der Waals surface area contributed by atoms with Gasteiger partial charge < -0.3 is 4.90 Å². The van der Waals surface area contributed by atoms with Gasteiger partial charge >= 0.3 is 6.18 Å². The summed E-state index contributed by atoms with van der Waals surface area (Å²) in [6, 6.07) is 4.18. The molecular formula is C16H21F3N2O. The van der Waals surface area contributed by atoms with Gasteiger partial charge in [0.05, 0.1) is 5.56 Å². The smallest absolute Gasteiger partial charge is 0.305 e. The molecule has 1 saturated heterocycles. The van der Waals surface area contributed by atoms with Crippen LogP contribution in [0.3, 0.4) is 0 Å². The minimum atomic E-state index is -4.44. The number of nitrogens with zero attached hydrogens (tertiary/aromatic N) is 2. The van der Waals surface area contributed by atoms with E-state index in [1.54, 1.807) is 0 Å². The second-order valence-corrected chi connectivity index (χ2v) is 6.03. The average Bonchev–Trinajstić information content (AvgIpc) is 2.47. The van der Waals surface area contributed by atoms with Crippen LogP contribution in [-0.4, -0.2) is 49.3 Å². The van der Waals surface area contributed by atoms with E-state index < -0.39 is 11.7 Å². The van der Waals surface area contributed by atoms with Gasteiger partial charge in [-0.3, -0.25) is 9.69 Å². The number of piperidine rings is 1. The normalized spacial score (nSPS) is 20.4. The lowest BCUT2D eigenvalue weighted by atomic mass is 10.0. The van der Waals surface area contributed by atoms with Crippen LogP contribution < -0.4 is 0 Å². The summed E-state index contributed by atoms with van der Waals surface area (Å²) in [5, 5.41) is 0. The first-order chi connectivity index (χ1) is 10.3. The van der Waals surface area contributed by atoms with Crippen molar-refractivity contribution < 1.29 is 18.0 Å². The highest BCUT2D eigenvalue weighted by molar-refractivity contribution is 5.75. The predicted molar refractivity (Wildman–Crippen MR) is 78.8 cm³/mol. The van der Waals surface area contributed by atoms with E-state index in [1.807, 2.05) is 14.1 Å². The molecule has 1 heterocycles. The molecule has 0 aromatic heterocycles. The first-order valence-corrected chi connectivity index (χ1v) is 7.35. The molecular weight excluding hydrogens is 293 g/mol. The zero-order chi connectivity index (χ0) is 16.3. The standard InChI is InChI=1S/C16H21F3N2O/c1-20(2)14-4-3-7-21(10-14)9-13-6-5-12(11-22)8-15(13)16(17,18)19/h5-6,8,11,14H,3-4,7,9-10H2,1-2H3. The molecule has 22 heavy (non-hydrogen) atoms. The van der Waals surface area contributed by atoms with E-state index in [-0.39, 0.29) is 17.7 Å². The molecule has 1 unspecified atom stereocenters. The monoisotopic (exact) mass is 314 g/mol. The van der Waals surface area contributed by atoms with Gasteiger partial charge in [-0.25, -0.2) is 0 Å². The van der Waals surface area contributed by atoms with Crippen molar-refractivity contribution >= 4 is 6.29 Å². The van der Waals surface area contributed by atoms with Crippen LogP contribution in [0.2, 0.25) is 0 Å². The third-order valence-corrected chi connectivity index (χ3v) is 4.18. The molecule has 0 radical (unpaired) electrons. The maximum absolute atomic E-state index is 13.2. The summed E-state index contributed by atoms with van der Waals surface area (Å²) in [4.78, 5) is 14.9. The molecule has 3 nitrogen and oxygen atoms in total.